The molecule has 6 heteroatoms. The molecular formula is C18H31NO4S. The number of hydrogen-bond acceptors (Lipinski definition) is 6. The van der Waals surface area contributed by atoms with Crippen molar-refractivity contribution >= 4 is 18.4 Å². The van der Waals surface area contributed by atoms with Crippen LogP contribution in [0.15, 0.2) is 18.2 Å². The number of thiol groups is 1. The summed E-state index contributed by atoms with van der Waals surface area (Å²) in [4.78, 5) is 12.1. The van der Waals surface area contributed by atoms with E-state index in [1.54, 1.807) is 25.3 Å². The normalized spacial score (nSPS) is 12.6. The van der Waals surface area contributed by atoms with Crippen LogP contribution in [0, 0.1) is 0 Å². The summed E-state index contributed by atoms with van der Waals surface area (Å²) in [6, 6.07) is 5.10. The van der Waals surface area contributed by atoms with Crippen molar-refractivity contribution in [3.8, 4) is 11.5 Å². The second-order valence-corrected chi connectivity index (χ2v) is 5.86. The highest BCUT2D eigenvalue weighted by Gasteiger charge is 2.15. The molecule has 5 nitrogen and oxygen atoms in total. The molecule has 0 aliphatic heterocycles. The minimum atomic E-state index is -0.685. The summed E-state index contributed by atoms with van der Waals surface area (Å²) >= 11 is 4.18. The number of carbonyl (C=O) groups excluding carboxylic acids is 1. The van der Waals surface area contributed by atoms with Crippen LogP contribution in [0.1, 0.15) is 50.9 Å². The molecule has 0 bridgehead atoms. The Labute approximate surface area is 151 Å². The van der Waals surface area contributed by atoms with E-state index in [4.69, 9.17) is 9.47 Å². The van der Waals surface area contributed by atoms with Crippen LogP contribution in [-0.2, 0) is 0 Å². The second kappa shape index (κ2) is 13.1. The number of carbonyl (C=O) groups is 1. The third kappa shape index (κ3) is 8.57. The fourth-order valence-corrected chi connectivity index (χ4v) is 2.00. The molecule has 138 valence electrons. The van der Waals surface area contributed by atoms with Crippen LogP contribution < -0.4 is 14.8 Å². The molecule has 2 N–H and O–H groups in total. The molecule has 0 amide bonds. The average Bonchev–Trinajstić information content (AvgIpc) is 2.59. The first-order chi connectivity index (χ1) is 11.5. The zero-order chi connectivity index (χ0) is 18.5. The minimum absolute atomic E-state index is 0.00633. The van der Waals surface area contributed by atoms with E-state index in [1.165, 1.54) is 0 Å². The van der Waals surface area contributed by atoms with Gasteiger partial charge in [-0.05, 0) is 25.5 Å². The number of aliphatic hydroxyl groups excluding tert-OH is 1. The molecule has 1 aromatic rings. The summed E-state index contributed by atoms with van der Waals surface area (Å²) < 4.78 is 10.8. The van der Waals surface area contributed by atoms with Gasteiger partial charge in [0.2, 0.25) is 0 Å². The second-order valence-electron chi connectivity index (χ2n) is 5.08. The molecule has 1 rings (SSSR count). The van der Waals surface area contributed by atoms with Gasteiger partial charge in [0.05, 0.1) is 12.7 Å². The zero-order valence-corrected chi connectivity index (χ0v) is 16.2. The molecule has 0 radical (unpaired) electrons. The van der Waals surface area contributed by atoms with E-state index in [0.29, 0.717) is 30.0 Å². The third-order valence-electron chi connectivity index (χ3n) is 3.05. The number of nitrogens with one attached hydrogen (secondary N) is 1. The number of Topliss-reactive ketones (excluding diaryl/α,β-unsaturated/α-hetero) is 1. The fourth-order valence-electron chi connectivity index (χ4n) is 1.89. The molecular weight excluding hydrogens is 326 g/mol. The molecule has 0 aliphatic carbocycles. The van der Waals surface area contributed by atoms with Crippen LogP contribution in [-0.4, -0.2) is 42.6 Å². The van der Waals surface area contributed by atoms with Crippen molar-refractivity contribution in [3.05, 3.63) is 23.8 Å². The summed E-state index contributed by atoms with van der Waals surface area (Å²) in [6.07, 6.45) is 0.552. The van der Waals surface area contributed by atoms with Crippen molar-refractivity contribution in [3.63, 3.8) is 0 Å². The summed E-state index contributed by atoms with van der Waals surface area (Å²) in [6.45, 7) is 8.29. The SMILES string of the molecule is CC.CCCC(=O)c1ccc(OC)cc1OCC(O)CNC(C)S. The van der Waals surface area contributed by atoms with Crippen LogP contribution in [0.25, 0.3) is 0 Å². The Hall–Kier alpha value is -1.24. The smallest absolute Gasteiger partial charge is 0.166 e. The van der Waals surface area contributed by atoms with E-state index in [9.17, 15) is 9.90 Å². The first-order valence-electron chi connectivity index (χ1n) is 8.41. The van der Waals surface area contributed by atoms with Gasteiger partial charge in [0.25, 0.3) is 0 Å². The standard InChI is InChI=1S/C16H25NO4S.C2H6/c1-4-5-15(19)14-7-6-13(20-3)8-16(14)21-10-12(18)9-17-11(2)22;1-2/h6-8,11-12,17-18,22H,4-5,9-10H2,1-3H3;1-2H3. The van der Waals surface area contributed by atoms with Crippen LogP contribution >= 0.6 is 12.6 Å². The summed E-state index contributed by atoms with van der Waals surface area (Å²) in [5.41, 5.74) is 0.519. The molecule has 0 saturated heterocycles. The first kappa shape index (κ1) is 22.8. The van der Waals surface area contributed by atoms with Gasteiger partial charge in [-0.25, -0.2) is 0 Å². The highest BCUT2D eigenvalue weighted by atomic mass is 32.1. The lowest BCUT2D eigenvalue weighted by Crippen LogP contribution is -2.34. The number of methoxy groups -OCH3 is 1. The quantitative estimate of drug-likeness (QED) is 0.340. The first-order valence-corrected chi connectivity index (χ1v) is 8.93. The largest absolute Gasteiger partial charge is 0.497 e. The maximum atomic E-state index is 12.1. The van der Waals surface area contributed by atoms with E-state index in [-0.39, 0.29) is 17.8 Å². The highest BCUT2D eigenvalue weighted by Crippen LogP contribution is 2.26. The lowest BCUT2D eigenvalue weighted by molar-refractivity contribution is 0.0948. The molecule has 2 unspecified atom stereocenters. The van der Waals surface area contributed by atoms with Gasteiger partial charge in [0.15, 0.2) is 5.78 Å². The number of benzene rings is 1. The summed E-state index contributed by atoms with van der Waals surface area (Å²) in [5, 5.41) is 12.9. The lowest BCUT2D eigenvalue weighted by atomic mass is 10.1. The molecule has 2 atom stereocenters. The molecule has 1 aromatic carbocycles. The maximum absolute atomic E-state index is 12.1. The monoisotopic (exact) mass is 357 g/mol. The number of aliphatic hydroxyl groups is 1. The Kier molecular flexibility index (Phi) is 12.4. The Morgan fingerprint density at radius 1 is 1.38 bits per heavy atom. The van der Waals surface area contributed by atoms with Gasteiger partial charge in [-0.1, -0.05) is 20.8 Å². The Balaban J connectivity index is 0.00000254. The van der Waals surface area contributed by atoms with Crippen molar-refractivity contribution < 1.29 is 19.4 Å². The Morgan fingerprint density at radius 3 is 2.58 bits per heavy atom. The molecule has 0 aromatic heterocycles. The van der Waals surface area contributed by atoms with Crippen LogP contribution in [0.5, 0.6) is 11.5 Å². The van der Waals surface area contributed by atoms with Gasteiger partial charge < -0.3 is 19.9 Å². The van der Waals surface area contributed by atoms with E-state index in [2.05, 4.69) is 17.9 Å². The van der Waals surface area contributed by atoms with E-state index >= 15 is 0 Å². The Bertz CT molecular complexity index is 480. The zero-order valence-electron chi connectivity index (χ0n) is 15.3. The van der Waals surface area contributed by atoms with E-state index in [0.717, 1.165) is 6.42 Å². The van der Waals surface area contributed by atoms with Gasteiger partial charge in [-0.2, -0.15) is 12.6 Å². The van der Waals surface area contributed by atoms with Crippen molar-refractivity contribution in [1.29, 1.82) is 0 Å². The van der Waals surface area contributed by atoms with Crippen LogP contribution in [0.3, 0.4) is 0 Å². The molecule has 0 aliphatic rings. The predicted molar refractivity (Wildman–Crippen MR) is 102 cm³/mol. The van der Waals surface area contributed by atoms with Crippen molar-refractivity contribution in [2.75, 3.05) is 20.3 Å². The topological polar surface area (TPSA) is 67.8 Å². The lowest BCUT2D eigenvalue weighted by Gasteiger charge is -2.17. The molecule has 24 heavy (non-hydrogen) atoms. The van der Waals surface area contributed by atoms with E-state index in [1.807, 2.05) is 27.7 Å². The van der Waals surface area contributed by atoms with E-state index < -0.39 is 6.10 Å². The highest BCUT2D eigenvalue weighted by molar-refractivity contribution is 7.80. The number of ether oxygens (including phenoxy) is 2. The van der Waals surface area contributed by atoms with Gasteiger partial charge in [-0.3, -0.25) is 4.79 Å². The molecule has 0 spiro atoms. The Morgan fingerprint density at radius 2 is 2.04 bits per heavy atom. The van der Waals surface area contributed by atoms with Gasteiger partial charge in [0.1, 0.15) is 24.2 Å². The fraction of sp³-hybridized carbons (Fsp3) is 0.611. The molecule has 0 fully saturated rings. The predicted octanol–water partition coefficient (Wildman–Crippen LogP) is 3.31. The van der Waals surface area contributed by atoms with Gasteiger partial charge >= 0.3 is 0 Å². The van der Waals surface area contributed by atoms with Crippen molar-refractivity contribution in [2.24, 2.45) is 0 Å². The minimum Gasteiger partial charge on any atom is -0.497 e. The van der Waals surface area contributed by atoms with Crippen LogP contribution in [0.4, 0.5) is 0 Å². The molecule has 0 heterocycles. The average molecular weight is 358 g/mol. The summed E-state index contributed by atoms with van der Waals surface area (Å²) in [7, 11) is 1.56. The maximum Gasteiger partial charge on any atom is 0.166 e. The number of ketones is 1. The van der Waals surface area contributed by atoms with Gasteiger partial charge in [-0.15, -0.1) is 0 Å². The number of rotatable bonds is 10. The van der Waals surface area contributed by atoms with Crippen LogP contribution in [0.2, 0.25) is 0 Å². The summed E-state index contributed by atoms with van der Waals surface area (Å²) in [5.74, 6) is 1.08. The van der Waals surface area contributed by atoms with Gasteiger partial charge in [0, 0.05) is 24.4 Å². The van der Waals surface area contributed by atoms with Crippen molar-refractivity contribution in [1.82, 2.24) is 5.32 Å². The molecule has 0 saturated carbocycles. The number of hydrogen-bond donors (Lipinski definition) is 3. The third-order valence-corrected chi connectivity index (χ3v) is 3.23. The van der Waals surface area contributed by atoms with Crippen molar-refractivity contribution in [2.45, 2.75) is 52.0 Å².